The first-order valence-electron chi connectivity index (χ1n) is 4.50. The summed E-state index contributed by atoms with van der Waals surface area (Å²) in [6.45, 7) is 0.882. The second kappa shape index (κ2) is 4.06. The molecule has 0 aliphatic heterocycles. The van der Waals surface area contributed by atoms with Gasteiger partial charge in [0.15, 0.2) is 5.76 Å². The molecule has 0 saturated heterocycles. The van der Waals surface area contributed by atoms with Gasteiger partial charge in [-0.3, -0.25) is 5.10 Å². The molecule has 0 saturated carbocycles. The third kappa shape index (κ3) is 1.82. The van der Waals surface area contributed by atoms with E-state index in [1.54, 1.807) is 6.26 Å². The largest absolute Gasteiger partial charge is 0.461 e. The standard InChI is InChI=1S/C9H12N4O/c1-10-5-4-8-11-9(13-12-8)7-3-2-6-14-7/h2-3,6,10H,4-5H2,1H3,(H,11,12,13). The Labute approximate surface area is 81.5 Å². The number of aromatic amines is 1. The normalized spacial score (nSPS) is 10.6. The predicted molar refractivity (Wildman–Crippen MR) is 51.7 cm³/mol. The lowest BCUT2D eigenvalue weighted by atomic mass is 10.4. The van der Waals surface area contributed by atoms with E-state index < -0.39 is 0 Å². The molecule has 0 amide bonds. The van der Waals surface area contributed by atoms with Crippen molar-refractivity contribution >= 4 is 0 Å². The Balaban J connectivity index is 2.10. The molecule has 0 atom stereocenters. The fraction of sp³-hybridized carbons (Fsp3) is 0.333. The molecule has 2 aromatic rings. The third-order valence-corrected chi connectivity index (χ3v) is 1.89. The van der Waals surface area contributed by atoms with Crippen molar-refractivity contribution in [2.75, 3.05) is 13.6 Å². The van der Waals surface area contributed by atoms with Gasteiger partial charge in [-0.2, -0.15) is 5.10 Å². The second-order valence-corrected chi connectivity index (χ2v) is 2.94. The summed E-state index contributed by atoms with van der Waals surface area (Å²) in [6.07, 6.45) is 2.45. The van der Waals surface area contributed by atoms with Crippen molar-refractivity contribution in [2.45, 2.75) is 6.42 Å². The van der Waals surface area contributed by atoms with Gasteiger partial charge in [-0.15, -0.1) is 0 Å². The van der Waals surface area contributed by atoms with E-state index in [1.165, 1.54) is 0 Å². The topological polar surface area (TPSA) is 66.7 Å². The van der Waals surface area contributed by atoms with E-state index in [2.05, 4.69) is 20.5 Å². The highest BCUT2D eigenvalue weighted by molar-refractivity contribution is 5.45. The Bertz CT molecular complexity index is 379. The second-order valence-electron chi connectivity index (χ2n) is 2.94. The van der Waals surface area contributed by atoms with Crippen LogP contribution < -0.4 is 5.32 Å². The molecular formula is C9H12N4O. The molecule has 74 valence electrons. The van der Waals surface area contributed by atoms with Crippen LogP contribution in [0.3, 0.4) is 0 Å². The maximum atomic E-state index is 5.18. The van der Waals surface area contributed by atoms with Crippen LogP contribution in [0.5, 0.6) is 0 Å². The number of H-pyrrole nitrogens is 1. The summed E-state index contributed by atoms with van der Waals surface area (Å²) in [7, 11) is 1.91. The van der Waals surface area contributed by atoms with E-state index in [1.807, 2.05) is 19.2 Å². The zero-order chi connectivity index (χ0) is 9.80. The molecule has 0 spiro atoms. The molecular weight excluding hydrogens is 180 g/mol. The fourth-order valence-electron chi connectivity index (χ4n) is 1.17. The van der Waals surface area contributed by atoms with E-state index in [-0.39, 0.29) is 0 Å². The van der Waals surface area contributed by atoms with Gasteiger partial charge in [0.25, 0.3) is 0 Å². The Hall–Kier alpha value is -1.62. The van der Waals surface area contributed by atoms with Gasteiger partial charge >= 0.3 is 0 Å². The summed E-state index contributed by atoms with van der Waals surface area (Å²) >= 11 is 0. The minimum Gasteiger partial charge on any atom is -0.461 e. The number of aromatic nitrogens is 3. The molecule has 0 aliphatic carbocycles. The first kappa shape index (κ1) is 8.96. The van der Waals surface area contributed by atoms with Crippen LogP contribution in [0, 0.1) is 0 Å². The average molecular weight is 192 g/mol. The molecule has 5 nitrogen and oxygen atoms in total. The summed E-state index contributed by atoms with van der Waals surface area (Å²) in [5.41, 5.74) is 0. The van der Waals surface area contributed by atoms with Crippen LogP contribution in [0.25, 0.3) is 11.6 Å². The van der Waals surface area contributed by atoms with Gasteiger partial charge < -0.3 is 9.73 Å². The smallest absolute Gasteiger partial charge is 0.216 e. The molecule has 0 radical (unpaired) electrons. The number of likely N-dealkylation sites (N-methyl/N-ethyl adjacent to an activating group) is 1. The maximum absolute atomic E-state index is 5.18. The maximum Gasteiger partial charge on any atom is 0.216 e. The van der Waals surface area contributed by atoms with Gasteiger partial charge in [-0.1, -0.05) is 0 Å². The molecule has 0 aromatic carbocycles. The van der Waals surface area contributed by atoms with Crippen LogP contribution in [-0.4, -0.2) is 28.8 Å². The number of rotatable bonds is 4. The van der Waals surface area contributed by atoms with Crippen molar-refractivity contribution in [3.63, 3.8) is 0 Å². The zero-order valence-electron chi connectivity index (χ0n) is 7.95. The lowest BCUT2D eigenvalue weighted by Crippen LogP contribution is -2.11. The quantitative estimate of drug-likeness (QED) is 0.752. The van der Waals surface area contributed by atoms with Crippen LogP contribution in [0.2, 0.25) is 0 Å². The third-order valence-electron chi connectivity index (χ3n) is 1.89. The Morgan fingerprint density at radius 2 is 2.50 bits per heavy atom. The Kier molecular flexibility index (Phi) is 2.60. The van der Waals surface area contributed by atoms with Crippen molar-refractivity contribution in [1.29, 1.82) is 0 Å². The van der Waals surface area contributed by atoms with E-state index in [0.717, 1.165) is 18.8 Å². The van der Waals surface area contributed by atoms with Crippen LogP contribution in [0.15, 0.2) is 22.8 Å². The Morgan fingerprint density at radius 3 is 3.21 bits per heavy atom. The van der Waals surface area contributed by atoms with Crippen LogP contribution in [-0.2, 0) is 6.42 Å². The molecule has 5 heteroatoms. The summed E-state index contributed by atoms with van der Waals surface area (Å²) in [5, 5.41) is 9.97. The number of furan rings is 1. The first-order valence-corrected chi connectivity index (χ1v) is 4.50. The van der Waals surface area contributed by atoms with Gasteiger partial charge in [0.05, 0.1) is 6.26 Å². The van der Waals surface area contributed by atoms with Gasteiger partial charge in [-0.25, -0.2) is 4.98 Å². The lowest BCUT2D eigenvalue weighted by molar-refractivity contribution is 0.577. The van der Waals surface area contributed by atoms with Crippen molar-refractivity contribution in [1.82, 2.24) is 20.5 Å². The van der Waals surface area contributed by atoms with Crippen molar-refractivity contribution < 1.29 is 4.42 Å². The van der Waals surface area contributed by atoms with Crippen LogP contribution >= 0.6 is 0 Å². The van der Waals surface area contributed by atoms with Gasteiger partial charge in [-0.05, 0) is 19.2 Å². The van der Waals surface area contributed by atoms with E-state index in [4.69, 9.17) is 4.42 Å². The van der Waals surface area contributed by atoms with Gasteiger partial charge in [0.2, 0.25) is 5.82 Å². The minimum atomic E-state index is 0.612. The highest BCUT2D eigenvalue weighted by atomic mass is 16.3. The van der Waals surface area contributed by atoms with E-state index in [9.17, 15) is 0 Å². The molecule has 2 aromatic heterocycles. The average Bonchev–Trinajstić information content (AvgIpc) is 2.85. The zero-order valence-corrected chi connectivity index (χ0v) is 7.95. The summed E-state index contributed by atoms with van der Waals surface area (Å²) in [5.74, 6) is 2.17. The van der Waals surface area contributed by atoms with E-state index >= 15 is 0 Å². The highest BCUT2D eigenvalue weighted by Gasteiger charge is 2.06. The Morgan fingerprint density at radius 1 is 1.57 bits per heavy atom. The van der Waals surface area contributed by atoms with Crippen molar-refractivity contribution in [3.05, 3.63) is 24.2 Å². The first-order chi connectivity index (χ1) is 6.90. The lowest BCUT2D eigenvalue weighted by Gasteiger charge is -1.92. The molecule has 0 unspecified atom stereocenters. The van der Waals surface area contributed by atoms with Crippen LogP contribution in [0.1, 0.15) is 5.82 Å². The molecule has 0 bridgehead atoms. The van der Waals surface area contributed by atoms with Gasteiger partial charge in [0.1, 0.15) is 5.82 Å². The fourth-order valence-corrected chi connectivity index (χ4v) is 1.17. The summed E-state index contributed by atoms with van der Waals surface area (Å²) < 4.78 is 5.18. The number of hydrogen-bond acceptors (Lipinski definition) is 4. The highest BCUT2D eigenvalue weighted by Crippen LogP contribution is 2.14. The molecule has 2 rings (SSSR count). The van der Waals surface area contributed by atoms with Crippen LogP contribution in [0.4, 0.5) is 0 Å². The number of hydrogen-bond donors (Lipinski definition) is 2. The number of nitrogens with one attached hydrogen (secondary N) is 2. The summed E-state index contributed by atoms with van der Waals surface area (Å²) in [4.78, 5) is 4.29. The van der Waals surface area contributed by atoms with E-state index in [0.29, 0.717) is 11.6 Å². The molecule has 14 heavy (non-hydrogen) atoms. The summed E-state index contributed by atoms with van der Waals surface area (Å²) in [6, 6.07) is 3.66. The number of nitrogens with zero attached hydrogens (tertiary/aromatic N) is 2. The van der Waals surface area contributed by atoms with Crippen molar-refractivity contribution in [2.24, 2.45) is 0 Å². The molecule has 2 N–H and O–H groups in total. The van der Waals surface area contributed by atoms with Gasteiger partial charge in [0, 0.05) is 13.0 Å². The van der Waals surface area contributed by atoms with Crippen molar-refractivity contribution in [3.8, 4) is 11.6 Å². The molecule has 0 aliphatic rings. The molecule has 2 heterocycles. The SMILES string of the molecule is CNCCc1nc(-c2ccco2)n[nH]1. The monoisotopic (exact) mass is 192 g/mol. The molecule has 0 fully saturated rings. The minimum absolute atomic E-state index is 0.612. The predicted octanol–water partition coefficient (Wildman–Crippen LogP) is 0.827.